The highest BCUT2D eigenvalue weighted by Crippen LogP contribution is 2.34. The standard InChI is InChI=1S/C10H9F2NO2/c11-5-1-2-7(12)6(3-5)9-4-8(14)10(13)15-9/h1-3,9,14H,4,13H2. The van der Waals surface area contributed by atoms with Crippen molar-refractivity contribution in [1.82, 2.24) is 0 Å². The molecule has 5 heteroatoms. The van der Waals surface area contributed by atoms with Crippen molar-refractivity contribution in [1.29, 1.82) is 0 Å². The minimum absolute atomic E-state index is 0.0574. The van der Waals surface area contributed by atoms with Crippen LogP contribution in [0.25, 0.3) is 0 Å². The maximum atomic E-state index is 13.3. The van der Waals surface area contributed by atoms with Crippen molar-refractivity contribution in [2.45, 2.75) is 12.5 Å². The average molecular weight is 213 g/mol. The summed E-state index contributed by atoms with van der Waals surface area (Å²) in [6.45, 7) is 0. The topological polar surface area (TPSA) is 55.5 Å². The number of halogens is 2. The number of nitrogens with two attached hydrogens (primary N) is 1. The summed E-state index contributed by atoms with van der Waals surface area (Å²) in [6, 6.07) is 3.07. The first kappa shape index (κ1) is 9.76. The Morgan fingerprint density at radius 1 is 1.40 bits per heavy atom. The molecule has 1 aromatic carbocycles. The molecule has 1 heterocycles. The molecule has 1 aliphatic heterocycles. The molecule has 0 saturated heterocycles. The predicted octanol–water partition coefficient (Wildman–Crippen LogP) is 2.11. The maximum Gasteiger partial charge on any atom is 0.223 e. The van der Waals surface area contributed by atoms with Gasteiger partial charge in [-0.3, -0.25) is 0 Å². The van der Waals surface area contributed by atoms with E-state index in [1.807, 2.05) is 0 Å². The van der Waals surface area contributed by atoms with Gasteiger partial charge in [0.2, 0.25) is 5.88 Å². The molecule has 2 rings (SSSR count). The molecule has 1 unspecified atom stereocenters. The van der Waals surface area contributed by atoms with E-state index in [0.29, 0.717) is 0 Å². The fourth-order valence-electron chi connectivity index (χ4n) is 1.47. The highest BCUT2D eigenvalue weighted by Gasteiger charge is 2.27. The van der Waals surface area contributed by atoms with Gasteiger partial charge in [0.15, 0.2) is 5.76 Å². The minimum Gasteiger partial charge on any atom is -0.507 e. The van der Waals surface area contributed by atoms with Crippen molar-refractivity contribution in [3.63, 3.8) is 0 Å². The highest BCUT2D eigenvalue weighted by atomic mass is 19.1. The zero-order chi connectivity index (χ0) is 11.0. The summed E-state index contributed by atoms with van der Waals surface area (Å²) in [5.41, 5.74) is 5.34. The van der Waals surface area contributed by atoms with Crippen LogP contribution in [0, 0.1) is 11.6 Å². The SMILES string of the molecule is NC1=C(O)CC(c2cc(F)ccc2F)O1. The summed E-state index contributed by atoms with van der Waals surface area (Å²) in [7, 11) is 0. The Kier molecular flexibility index (Phi) is 2.22. The van der Waals surface area contributed by atoms with Crippen molar-refractivity contribution in [3.05, 3.63) is 47.0 Å². The van der Waals surface area contributed by atoms with Gasteiger partial charge in [-0.25, -0.2) is 8.78 Å². The second-order valence-electron chi connectivity index (χ2n) is 3.29. The van der Waals surface area contributed by atoms with Crippen LogP contribution in [0.4, 0.5) is 8.78 Å². The summed E-state index contributed by atoms with van der Waals surface area (Å²) >= 11 is 0. The molecule has 3 N–H and O–H groups in total. The molecular formula is C10H9F2NO2. The summed E-state index contributed by atoms with van der Waals surface area (Å²) in [5, 5.41) is 9.20. The van der Waals surface area contributed by atoms with Gasteiger partial charge in [-0.05, 0) is 18.2 Å². The third-order valence-electron chi connectivity index (χ3n) is 2.24. The van der Waals surface area contributed by atoms with Crippen LogP contribution in [0.15, 0.2) is 29.8 Å². The van der Waals surface area contributed by atoms with E-state index in [-0.39, 0.29) is 23.6 Å². The largest absolute Gasteiger partial charge is 0.507 e. The van der Waals surface area contributed by atoms with Crippen LogP contribution < -0.4 is 5.73 Å². The molecule has 0 fully saturated rings. The van der Waals surface area contributed by atoms with Crippen molar-refractivity contribution >= 4 is 0 Å². The Morgan fingerprint density at radius 2 is 2.13 bits per heavy atom. The molecular weight excluding hydrogens is 204 g/mol. The predicted molar refractivity (Wildman–Crippen MR) is 48.6 cm³/mol. The van der Waals surface area contributed by atoms with Crippen molar-refractivity contribution < 1.29 is 18.6 Å². The lowest BCUT2D eigenvalue weighted by Gasteiger charge is -2.11. The molecule has 3 nitrogen and oxygen atoms in total. The van der Waals surface area contributed by atoms with Gasteiger partial charge in [-0.15, -0.1) is 0 Å². The van der Waals surface area contributed by atoms with Gasteiger partial charge in [0, 0.05) is 5.56 Å². The van der Waals surface area contributed by atoms with E-state index in [0.717, 1.165) is 18.2 Å². The zero-order valence-corrected chi connectivity index (χ0v) is 7.71. The first-order valence-corrected chi connectivity index (χ1v) is 4.37. The Morgan fingerprint density at radius 3 is 2.73 bits per heavy atom. The van der Waals surface area contributed by atoms with Gasteiger partial charge in [0.1, 0.15) is 17.7 Å². The van der Waals surface area contributed by atoms with Crippen LogP contribution in [0.5, 0.6) is 0 Å². The zero-order valence-electron chi connectivity index (χ0n) is 7.71. The normalized spacial score (nSPS) is 20.5. The fourth-order valence-corrected chi connectivity index (χ4v) is 1.47. The molecule has 0 amide bonds. The van der Waals surface area contributed by atoms with Crippen molar-refractivity contribution in [2.24, 2.45) is 5.73 Å². The third-order valence-corrected chi connectivity index (χ3v) is 2.24. The van der Waals surface area contributed by atoms with E-state index in [9.17, 15) is 13.9 Å². The Bertz CT molecular complexity index is 417. The van der Waals surface area contributed by atoms with Crippen LogP contribution in [0.1, 0.15) is 18.1 Å². The van der Waals surface area contributed by atoms with Crippen LogP contribution in [0.2, 0.25) is 0 Å². The van der Waals surface area contributed by atoms with Crippen LogP contribution >= 0.6 is 0 Å². The molecule has 1 aliphatic rings. The molecule has 0 saturated carbocycles. The molecule has 0 radical (unpaired) electrons. The molecule has 80 valence electrons. The minimum atomic E-state index is -0.749. The summed E-state index contributed by atoms with van der Waals surface area (Å²) in [4.78, 5) is 0. The number of hydrogen-bond donors (Lipinski definition) is 2. The van der Waals surface area contributed by atoms with Gasteiger partial charge in [0.05, 0.1) is 6.42 Å². The summed E-state index contributed by atoms with van der Waals surface area (Å²) in [5.74, 6) is -1.41. The van der Waals surface area contributed by atoms with Gasteiger partial charge in [0.25, 0.3) is 0 Å². The molecule has 0 aromatic heterocycles. The lowest BCUT2D eigenvalue weighted by molar-refractivity contribution is 0.139. The number of benzene rings is 1. The van der Waals surface area contributed by atoms with Gasteiger partial charge < -0.3 is 15.6 Å². The Hall–Kier alpha value is -1.78. The summed E-state index contributed by atoms with van der Waals surface area (Å²) < 4.78 is 31.1. The molecule has 0 spiro atoms. The van der Waals surface area contributed by atoms with Crippen molar-refractivity contribution in [3.8, 4) is 0 Å². The lowest BCUT2D eigenvalue weighted by Crippen LogP contribution is -2.04. The first-order chi connectivity index (χ1) is 7.08. The summed E-state index contributed by atoms with van der Waals surface area (Å²) in [6.07, 6.45) is -0.688. The Labute approximate surface area is 84.8 Å². The monoisotopic (exact) mass is 213 g/mol. The lowest BCUT2D eigenvalue weighted by atomic mass is 10.1. The second kappa shape index (κ2) is 3.42. The van der Waals surface area contributed by atoms with Crippen LogP contribution in [0.3, 0.4) is 0 Å². The average Bonchev–Trinajstić information content (AvgIpc) is 2.51. The Balaban J connectivity index is 2.29. The van der Waals surface area contributed by atoms with Crippen LogP contribution in [-0.4, -0.2) is 5.11 Å². The quantitative estimate of drug-likeness (QED) is 0.751. The third kappa shape index (κ3) is 1.72. The van der Waals surface area contributed by atoms with E-state index in [1.165, 1.54) is 0 Å². The highest BCUT2D eigenvalue weighted by molar-refractivity contribution is 5.24. The second-order valence-corrected chi connectivity index (χ2v) is 3.29. The number of aliphatic hydroxyl groups is 1. The van der Waals surface area contributed by atoms with Crippen LogP contribution in [-0.2, 0) is 4.74 Å². The number of ether oxygens (including phenoxy) is 1. The molecule has 15 heavy (non-hydrogen) atoms. The van der Waals surface area contributed by atoms with Gasteiger partial charge >= 0.3 is 0 Å². The first-order valence-electron chi connectivity index (χ1n) is 4.37. The fraction of sp³-hybridized carbons (Fsp3) is 0.200. The van der Waals surface area contributed by atoms with E-state index < -0.39 is 17.7 Å². The van der Waals surface area contributed by atoms with E-state index in [1.54, 1.807) is 0 Å². The van der Waals surface area contributed by atoms with E-state index in [4.69, 9.17) is 10.5 Å². The number of rotatable bonds is 1. The number of hydrogen-bond acceptors (Lipinski definition) is 3. The molecule has 1 aromatic rings. The van der Waals surface area contributed by atoms with Crippen molar-refractivity contribution in [2.75, 3.05) is 0 Å². The van der Waals surface area contributed by atoms with Gasteiger partial charge in [-0.1, -0.05) is 0 Å². The number of aliphatic hydroxyl groups excluding tert-OH is 1. The molecule has 0 aliphatic carbocycles. The molecule has 0 bridgehead atoms. The van der Waals surface area contributed by atoms with E-state index in [2.05, 4.69) is 0 Å². The smallest absolute Gasteiger partial charge is 0.223 e. The maximum absolute atomic E-state index is 13.3. The van der Waals surface area contributed by atoms with E-state index >= 15 is 0 Å². The van der Waals surface area contributed by atoms with Gasteiger partial charge in [-0.2, -0.15) is 0 Å². The molecule has 1 atom stereocenters.